The number of anilines is 3. The molecule has 2 rings (SSSR count). The molecule has 2 aromatic rings. The van der Waals surface area contributed by atoms with Gasteiger partial charge in [-0.2, -0.15) is 19.6 Å². The first-order valence-electron chi connectivity index (χ1n) is 5.05. The average molecular weight is 280 g/mol. The molecule has 0 fully saturated rings. The van der Waals surface area contributed by atoms with E-state index < -0.39 is 0 Å². The Hall–Kier alpha value is -3.58. The number of H-pyrrole nitrogens is 1. The van der Waals surface area contributed by atoms with E-state index in [1.54, 1.807) is 0 Å². The van der Waals surface area contributed by atoms with Crippen LogP contribution in [0.5, 0.6) is 0 Å². The summed E-state index contributed by atoms with van der Waals surface area (Å²) in [7, 11) is 0. The van der Waals surface area contributed by atoms with Crippen LogP contribution in [-0.2, 0) is 0 Å². The van der Waals surface area contributed by atoms with Crippen LogP contribution in [0.4, 0.5) is 23.8 Å². The minimum Gasteiger partial charge on any atom is -0.368 e. The van der Waals surface area contributed by atoms with Crippen LogP contribution in [0.15, 0.2) is 10.1 Å². The zero-order valence-electron chi connectivity index (χ0n) is 10.0. The third-order valence-electron chi connectivity index (χ3n) is 1.86. The van der Waals surface area contributed by atoms with Crippen molar-refractivity contribution in [1.82, 2.24) is 35.4 Å². The largest absolute Gasteiger partial charge is 0.368 e. The monoisotopic (exact) mass is 280 g/mol. The first kappa shape index (κ1) is 12.9. The number of hydrogen-bond acceptors (Lipinski definition) is 9. The van der Waals surface area contributed by atoms with Crippen molar-refractivity contribution in [2.24, 2.45) is 21.6 Å². The van der Waals surface area contributed by atoms with Crippen LogP contribution in [0, 0.1) is 0 Å². The van der Waals surface area contributed by atoms with Crippen molar-refractivity contribution >= 4 is 35.7 Å². The summed E-state index contributed by atoms with van der Waals surface area (Å²) in [6.07, 6.45) is 0. The number of nitrogens with two attached hydrogens (primary N) is 5. The van der Waals surface area contributed by atoms with Crippen LogP contribution in [-0.4, -0.2) is 41.9 Å². The third kappa shape index (κ3) is 2.81. The highest BCUT2D eigenvalue weighted by Gasteiger charge is 2.07. The Kier molecular flexibility index (Phi) is 3.19. The Morgan fingerprint density at radius 1 is 1.20 bits per heavy atom. The number of nitrogen functional groups attached to an aromatic ring is 3. The second-order valence-corrected chi connectivity index (χ2v) is 3.34. The lowest BCUT2D eigenvalue weighted by molar-refractivity contribution is 0.890. The molecule has 106 valence electrons. The molecule has 20 heavy (non-hydrogen) atoms. The SMILES string of the molecule is N/C(=N\c1n[nH]c(N)n1)N/N=C(\N)n1nc(N)nc1N. The van der Waals surface area contributed by atoms with E-state index in [0.29, 0.717) is 0 Å². The maximum Gasteiger partial charge on any atom is 0.273 e. The van der Waals surface area contributed by atoms with E-state index in [4.69, 9.17) is 28.7 Å². The van der Waals surface area contributed by atoms with Crippen LogP contribution in [0.25, 0.3) is 0 Å². The normalized spacial score (nSPS) is 12.6. The van der Waals surface area contributed by atoms with E-state index in [1.165, 1.54) is 0 Å². The number of aromatic amines is 1. The van der Waals surface area contributed by atoms with Crippen LogP contribution in [0.3, 0.4) is 0 Å². The molecule has 0 aliphatic heterocycles. The molecule has 0 atom stereocenters. The fourth-order valence-corrected chi connectivity index (χ4v) is 1.12. The van der Waals surface area contributed by atoms with Crippen molar-refractivity contribution in [2.75, 3.05) is 17.2 Å². The van der Waals surface area contributed by atoms with Gasteiger partial charge in [0.15, 0.2) is 0 Å². The molecular formula is C6H12N14. The minimum atomic E-state index is -0.139. The standard InChI is InChI=1S/C6H12N14/c7-1(13-6-14-2(8)16-18-6)15-17-5(11)20-4(10)12-3(9)19-20/h(H2,11,17)(H4,9,10,12,19)(H6,7,8,13,14,15,16,18). The summed E-state index contributed by atoms with van der Waals surface area (Å²) in [6.45, 7) is 0. The van der Waals surface area contributed by atoms with Gasteiger partial charge in [-0.25, -0.2) is 10.5 Å². The average Bonchev–Trinajstić information content (AvgIpc) is 2.92. The zero-order valence-corrected chi connectivity index (χ0v) is 10.0. The van der Waals surface area contributed by atoms with Crippen molar-refractivity contribution in [2.45, 2.75) is 0 Å². The molecule has 0 unspecified atom stereocenters. The quantitative estimate of drug-likeness (QED) is 0.162. The van der Waals surface area contributed by atoms with Crippen molar-refractivity contribution in [3.63, 3.8) is 0 Å². The molecule has 14 heteroatoms. The van der Waals surface area contributed by atoms with Gasteiger partial charge in [0.25, 0.3) is 5.95 Å². The second-order valence-electron chi connectivity index (χ2n) is 3.34. The molecule has 2 aromatic heterocycles. The van der Waals surface area contributed by atoms with Gasteiger partial charge in [-0.3, -0.25) is 0 Å². The van der Waals surface area contributed by atoms with Gasteiger partial charge in [-0.1, -0.05) is 0 Å². The highest BCUT2D eigenvalue weighted by molar-refractivity contribution is 5.85. The number of aromatic nitrogens is 6. The summed E-state index contributed by atoms with van der Waals surface area (Å²) in [4.78, 5) is 11.1. The molecular weight excluding hydrogens is 268 g/mol. The molecule has 0 aliphatic carbocycles. The molecule has 0 amide bonds. The molecule has 0 spiro atoms. The topological polar surface area (TPSA) is 239 Å². The Labute approximate surface area is 111 Å². The Bertz CT molecular complexity index is 659. The van der Waals surface area contributed by atoms with Crippen LogP contribution < -0.4 is 34.1 Å². The molecule has 14 nitrogen and oxygen atoms in total. The van der Waals surface area contributed by atoms with E-state index in [-0.39, 0.29) is 35.7 Å². The maximum absolute atomic E-state index is 5.60. The fourth-order valence-electron chi connectivity index (χ4n) is 1.12. The molecule has 0 saturated heterocycles. The van der Waals surface area contributed by atoms with Gasteiger partial charge in [-0.15, -0.1) is 15.3 Å². The van der Waals surface area contributed by atoms with Gasteiger partial charge in [-0.05, 0) is 0 Å². The van der Waals surface area contributed by atoms with Crippen LogP contribution >= 0.6 is 0 Å². The van der Waals surface area contributed by atoms with Crippen LogP contribution in [0.2, 0.25) is 0 Å². The molecule has 12 N–H and O–H groups in total. The van der Waals surface area contributed by atoms with Crippen molar-refractivity contribution in [3.05, 3.63) is 0 Å². The molecule has 0 aromatic carbocycles. The minimum absolute atomic E-state index is 0.0252. The van der Waals surface area contributed by atoms with Crippen molar-refractivity contribution in [3.8, 4) is 0 Å². The van der Waals surface area contributed by atoms with E-state index in [1.807, 2.05) is 0 Å². The van der Waals surface area contributed by atoms with Crippen molar-refractivity contribution < 1.29 is 0 Å². The molecule has 0 aliphatic rings. The van der Waals surface area contributed by atoms with Gasteiger partial charge in [0, 0.05) is 0 Å². The summed E-state index contributed by atoms with van der Waals surface area (Å²) in [5.41, 5.74) is 29.6. The molecule has 2 heterocycles. The third-order valence-corrected chi connectivity index (χ3v) is 1.86. The molecule has 0 bridgehead atoms. The number of hydrogen-bond donors (Lipinski definition) is 7. The number of nitrogens with one attached hydrogen (secondary N) is 2. The maximum atomic E-state index is 5.60. The summed E-state index contributed by atoms with van der Waals surface area (Å²) < 4.78 is 1.01. The fraction of sp³-hybridized carbons (Fsp3) is 0. The summed E-state index contributed by atoms with van der Waals surface area (Å²) in [6, 6.07) is 0. The lowest BCUT2D eigenvalue weighted by Gasteiger charge is -2.02. The molecule has 0 saturated carbocycles. The van der Waals surface area contributed by atoms with Crippen molar-refractivity contribution in [1.29, 1.82) is 0 Å². The Morgan fingerprint density at radius 3 is 2.50 bits per heavy atom. The lowest BCUT2D eigenvalue weighted by atomic mass is 10.9. The van der Waals surface area contributed by atoms with Gasteiger partial charge >= 0.3 is 0 Å². The Balaban J connectivity index is 2.08. The Morgan fingerprint density at radius 2 is 1.95 bits per heavy atom. The second kappa shape index (κ2) is 4.96. The van der Waals surface area contributed by atoms with Crippen LogP contribution in [0.1, 0.15) is 0 Å². The number of nitrogens with zero attached hydrogens (tertiary/aromatic N) is 7. The van der Waals surface area contributed by atoms with E-state index in [9.17, 15) is 0 Å². The summed E-state index contributed by atoms with van der Waals surface area (Å²) in [5.74, 6) is -0.199. The van der Waals surface area contributed by atoms with E-state index >= 15 is 0 Å². The first-order valence-corrected chi connectivity index (χ1v) is 5.05. The van der Waals surface area contributed by atoms with Gasteiger partial charge in [0.05, 0.1) is 0 Å². The van der Waals surface area contributed by atoms with E-state index in [2.05, 4.69) is 40.8 Å². The molecule has 0 radical (unpaired) electrons. The van der Waals surface area contributed by atoms with Gasteiger partial charge < -0.3 is 28.7 Å². The van der Waals surface area contributed by atoms with Gasteiger partial charge in [0.1, 0.15) is 0 Å². The van der Waals surface area contributed by atoms with E-state index in [0.717, 1.165) is 4.68 Å². The summed E-state index contributed by atoms with van der Waals surface area (Å²) in [5, 5.41) is 13.4. The predicted molar refractivity (Wildman–Crippen MR) is 71.1 cm³/mol. The van der Waals surface area contributed by atoms with Gasteiger partial charge in [0.2, 0.25) is 29.8 Å². The summed E-state index contributed by atoms with van der Waals surface area (Å²) >= 11 is 0. The number of hydrazone groups is 1. The number of rotatable bonds is 2. The first-order chi connectivity index (χ1) is 9.45. The highest BCUT2D eigenvalue weighted by Crippen LogP contribution is 2.02. The lowest BCUT2D eigenvalue weighted by Crippen LogP contribution is -2.33. The predicted octanol–water partition coefficient (Wildman–Crippen LogP) is -3.54. The number of aliphatic imine (C=N–C) groups is 1. The zero-order chi connectivity index (χ0) is 14.7. The number of guanidine groups is 1. The smallest absolute Gasteiger partial charge is 0.273 e. The highest BCUT2D eigenvalue weighted by atomic mass is 15.5.